The van der Waals surface area contributed by atoms with Gasteiger partial charge < -0.3 is 48.5 Å². The van der Waals surface area contributed by atoms with E-state index in [2.05, 4.69) is 0 Å². The van der Waals surface area contributed by atoms with Gasteiger partial charge in [-0.1, -0.05) is 0 Å². The molecule has 4 atom stereocenters. The Morgan fingerprint density at radius 2 is 1.07 bits per heavy atom. The minimum Gasteiger partial charge on any atom is -0.480 e. The predicted octanol–water partition coefficient (Wildman–Crippen LogP) is -6.41. The topological polar surface area (TPSA) is 277 Å². The minimum absolute atomic E-state index is 0.713. The summed E-state index contributed by atoms with van der Waals surface area (Å²) in [6, 6.07) is -6.44. The van der Waals surface area contributed by atoms with Crippen LogP contribution in [0.3, 0.4) is 0 Å². The van der Waals surface area contributed by atoms with E-state index in [0.717, 1.165) is 0 Å². The number of nitrogens with two attached hydrogens (primary N) is 3. The van der Waals surface area contributed by atoms with E-state index in [-0.39, 0.29) is 0 Å². The maximum atomic E-state index is 12.4. The van der Waals surface area contributed by atoms with Crippen molar-refractivity contribution in [2.75, 3.05) is 13.2 Å². The third kappa shape index (κ3) is 9.45. The average Bonchev–Trinajstić information content (AvgIpc) is 2.62. The zero-order valence-electron chi connectivity index (χ0n) is 15.2. The summed E-state index contributed by atoms with van der Waals surface area (Å²) < 4.78 is 0. The predicted molar refractivity (Wildman–Crippen MR) is 93.2 cm³/mol. The van der Waals surface area contributed by atoms with Crippen molar-refractivity contribution in [1.29, 1.82) is 0 Å². The van der Waals surface area contributed by atoms with Crippen molar-refractivity contribution in [1.82, 2.24) is 16.0 Å². The molecule has 0 rings (SSSR count). The number of amides is 5. The van der Waals surface area contributed by atoms with Gasteiger partial charge in [-0.2, -0.15) is 0 Å². The molecule has 0 saturated heterocycles. The van der Waals surface area contributed by atoms with Crippen LogP contribution in [0.15, 0.2) is 0 Å². The zero-order valence-corrected chi connectivity index (χ0v) is 15.2. The lowest BCUT2D eigenvalue weighted by atomic mass is 10.1. The highest BCUT2D eigenvalue weighted by Crippen LogP contribution is 1.99. The molecule has 0 aromatic rings. The van der Waals surface area contributed by atoms with Crippen LogP contribution < -0.4 is 33.2 Å². The fraction of sp³-hybridized carbons (Fsp3) is 0.571. The summed E-state index contributed by atoms with van der Waals surface area (Å²) in [5.74, 6) is -6.95. The number of nitrogens with one attached hydrogen (secondary N) is 3. The molecule has 0 aromatic carbocycles. The lowest BCUT2D eigenvalue weighted by Gasteiger charge is -2.23. The summed E-state index contributed by atoms with van der Waals surface area (Å²) in [5.41, 5.74) is 15.3. The summed E-state index contributed by atoms with van der Waals surface area (Å²) in [7, 11) is 0. The van der Waals surface area contributed by atoms with Gasteiger partial charge in [-0.05, 0) is 0 Å². The Bertz CT molecular complexity index is 655. The molecule has 0 aliphatic heterocycles. The number of primary amides is 2. The number of aliphatic hydroxyl groups excluding tert-OH is 2. The van der Waals surface area contributed by atoms with E-state index in [1.54, 1.807) is 0 Å². The average molecular weight is 420 g/mol. The molecular weight excluding hydrogens is 396 g/mol. The summed E-state index contributed by atoms with van der Waals surface area (Å²) in [6.07, 6.45) is -1.47. The van der Waals surface area contributed by atoms with Gasteiger partial charge in [0.1, 0.15) is 24.2 Å². The number of rotatable bonds is 13. The number of carboxylic acids is 1. The quantitative estimate of drug-likeness (QED) is 0.136. The maximum absolute atomic E-state index is 12.4. The Balaban J connectivity index is 5.42. The standard InChI is InChI=1S/C14H24N6O9/c15-5(3-21)11(25)18-6(1-9(16)23)12(26)19-7(2-10(17)24)13(27)20-8(4-22)14(28)29/h5-8,21-22H,1-4,15H2,(H2,16,23)(H2,17,24)(H,18,25)(H,19,26)(H,20,27)(H,28,29). The molecule has 4 unspecified atom stereocenters. The zero-order chi connectivity index (χ0) is 22.7. The van der Waals surface area contributed by atoms with Gasteiger partial charge in [0.15, 0.2) is 0 Å². The molecule has 5 amide bonds. The van der Waals surface area contributed by atoms with Crippen LogP contribution in [0, 0.1) is 0 Å². The highest BCUT2D eigenvalue weighted by molar-refractivity contribution is 5.97. The molecule has 0 aliphatic carbocycles. The number of hydrogen-bond donors (Lipinski definition) is 9. The van der Waals surface area contributed by atoms with Gasteiger partial charge in [0.25, 0.3) is 0 Å². The van der Waals surface area contributed by atoms with Crippen LogP contribution in [-0.4, -0.2) is 88.2 Å². The number of carbonyl (C=O) groups is 6. The van der Waals surface area contributed by atoms with E-state index in [0.29, 0.717) is 0 Å². The normalized spacial score (nSPS) is 14.6. The van der Waals surface area contributed by atoms with Crippen molar-refractivity contribution < 1.29 is 44.1 Å². The van der Waals surface area contributed by atoms with Gasteiger partial charge in [-0.3, -0.25) is 24.0 Å². The van der Waals surface area contributed by atoms with Crippen molar-refractivity contribution in [2.45, 2.75) is 37.0 Å². The molecule has 12 N–H and O–H groups in total. The van der Waals surface area contributed by atoms with Crippen molar-refractivity contribution in [3.05, 3.63) is 0 Å². The number of aliphatic carboxylic acids is 1. The maximum Gasteiger partial charge on any atom is 0.328 e. The molecule has 15 nitrogen and oxygen atoms in total. The Labute approximate surface area is 164 Å². The highest BCUT2D eigenvalue weighted by atomic mass is 16.4. The van der Waals surface area contributed by atoms with E-state index in [4.69, 9.17) is 32.5 Å². The van der Waals surface area contributed by atoms with Crippen LogP contribution in [0.5, 0.6) is 0 Å². The van der Waals surface area contributed by atoms with Crippen LogP contribution in [0.1, 0.15) is 12.8 Å². The van der Waals surface area contributed by atoms with Crippen LogP contribution in [-0.2, 0) is 28.8 Å². The van der Waals surface area contributed by atoms with Crippen molar-refractivity contribution >= 4 is 35.5 Å². The molecule has 29 heavy (non-hydrogen) atoms. The Kier molecular flexibility index (Phi) is 10.8. The fourth-order valence-electron chi connectivity index (χ4n) is 1.91. The van der Waals surface area contributed by atoms with Crippen molar-refractivity contribution in [3.8, 4) is 0 Å². The number of hydrogen-bond acceptors (Lipinski definition) is 9. The van der Waals surface area contributed by atoms with Gasteiger partial charge in [0.05, 0.1) is 26.1 Å². The smallest absolute Gasteiger partial charge is 0.328 e. The molecule has 0 bridgehead atoms. The lowest BCUT2D eigenvalue weighted by molar-refractivity contribution is -0.143. The number of carbonyl (C=O) groups excluding carboxylic acids is 5. The third-order valence-corrected chi connectivity index (χ3v) is 3.41. The molecule has 0 aliphatic rings. The van der Waals surface area contributed by atoms with Crippen molar-refractivity contribution in [2.24, 2.45) is 17.2 Å². The van der Waals surface area contributed by atoms with Crippen molar-refractivity contribution in [3.63, 3.8) is 0 Å². The van der Waals surface area contributed by atoms with Gasteiger partial charge in [-0.15, -0.1) is 0 Å². The first-order valence-electron chi connectivity index (χ1n) is 8.10. The molecule has 15 heteroatoms. The second-order valence-electron chi connectivity index (χ2n) is 5.83. The minimum atomic E-state index is -1.72. The molecule has 0 fully saturated rings. The summed E-state index contributed by atoms with van der Waals surface area (Å²) >= 11 is 0. The lowest BCUT2D eigenvalue weighted by Crippen LogP contribution is -2.58. The molecule has 0 radical (unpaired) electrons. The van der Waals surface area contributed by atoms with E-state index in [1.165, 1.54) is 0 Å². The van der Waals surface area contributed by atoms with Gasteiger partial charge in [-0.25, -0.2) is 4.79 Å². The first kappa shape index (κ1) is 25.7. The monoisotopic (exact) mass is 420 g/mol. The molecule has 0 aromatic heterocycles. The first-order valence-corrected chi connectivity index (χ1v) is 8.10. The van der Waals surface area contributed by atoms with Crippen LogP contribution in [0.2, 0.25) is 0 Å². The van der Waals surface area contributed by atoms with Gasteiger partial charge in [0, 0.05) is 0 Å². The SMILES string of the molecule is NC(=O)CC(NC(=O)C(N)CO)C(=O)NC(CC(N)=O)C(=O)NC(CO)C(=O)O. The summed E-state index contributed by atoms with van der Waals surface area (Å²) in [5, 5.41) is 32.6. The van der Waals surface area contributed by atoms with E-state index >= 15 is 0 Å². The molecule has 0 spiro atoms. The molecule has 0 heterocycles. The summed E-state index contributed by atoms with van der Waals surface area (Å²) in [6.45, 7) is -1.74. The van der Waals surface area contributed by atoms with Gasteiger partial charge >= 0.3 is 5.97 Å². The third-order valence-electron chi connectivity index (χ3n) is 3.41. The van der Waals surface area contributed by atoms with Crippen LogP contribution >= 0.6 is 0 Å². The Morgan fingerprint density at radius 3 is 1.38 bits per heavy atom. The van der Waals surface area contributed by atoms with Gasteiger partial charge in [0.2, 0.25) is 29.5 Å². The number of carboxylic acid groups (broad SMARTS) is 1. The van der Waals surface area contributed by atoms with E-state index in [1.807, 2.05) is 16.0 Å². The first-order chi connectivity index (χ1) is 13.4. The Hall–Kier alpha value is -3.30. The van der Waals surface area contributed by atoms with E-state index in [9.17, 15) is 28.8 Å². The fourth-order valence-corrected chi connectivity index (χ4v) is 1.91. The largest absolute Gasteiger partial charge is 0.480 e. The molecular formula is C14H24N6O9. The molecule has 0 saturated carbocycles. The highest BCUT2D eigenvalue weighted by Gasteiger charge is 2.31. The second kappa shape index (κ2) is 12.2. The number of aliphatic hydroxyl groups is 2. The Morgan fingerprint density at radius 1 is 0.690 bits per heavy atom. The second-order valence-corrected chi connectivity index (χ2v) is 5.83. The summed E-state index contributed by atoms with van der Waals surface area (Å²) in [4.78, 5) is 69.5. The van der Waals surface area contributed by atoms with Crippen LogP contribution in [0.4, 0.5) is 0 Å². The molecule has 164 valence electrons. The van der Waals surface area contributed by atoms with E-state index < -0.39 is 85.7 Å². The van der Waals surface area contributed by atoms with Crippen LogP contribution in [0.25, 0.3) is 0 Å².